The van der Waals surface area contributed by atoms with Crippen molar-refractivity contribution in [1.29, 1.82) is 0 Å². The summed E-state index contributed by atoms with van der Waals surface area (Å²) in [4.78, 5) is 0. The standard InChI is InChI=1S/C20H14NO/c1-13-7-5-10-15-18(13)16-11-6-12-17-21(16)19(15)20(22-17)14-8-3-2-4-9-14/h2-12H,1H3/q+1. The Hall–Kier alpha value is -2.87. The van der Waals surface area contributed by atoms with Gasteiger partial charge in [-0.2, -0.15) is 0 Å². The SMILES string of the molecule is Cc1cccc2c1-c1cccc3oc(-c4ccccc4)c-2[n+]13. The van der Waals surface area contributed by atoms with Gasteiger partial charge in [0.05, 0.1) is 17.2 Å². The molecule has 2 heteroatoms. The van der Waals surface area contributed by atoms with Gasteiger partial charge in [-0.3, -0.25) is 0 Å². The van der Waals surface area contributed by atoms with Crippen molar-refractivity contribution >= 4 is 5.71 Å². The number of pyridine rings is 1. The lowest BCUT2D eigenvalue weighted by atomic mass is 9.98. The van der Waals surface area contributed by atoms with Crippen LogP contribution in [-0.2, 0) is 0 Å². The van der Waals surface area contributed by atoms with Gasteiger partial charge in [0.1, 0.15) is 0 Å². The minimum Gasteiger partial charge on any atom is -0.397 e. The number of rotatable bonds is 1. The molecule has 0 saturated heterocycles. The molecule has 22 heavy (non-hydrogen) atoms. The molecule has 2 aromatic heterocycles. The van der Waals surface area contributed by atoms with Gasteiger partial charge in [0.2, 0.25) is 11.5 Å². The van der Waals surface area contributed by atoms with E-state index in [1.807, 2.05) is 24.3 Å². The molecule has 0 fully saturated rings. The van der Waals surface area contributed by atoms with Gasteiger partial charge >= 0.3 is 5.71 Å². The zero-order valence-electron chi connectivity index (χ0n) is 12.2. The topological polar surface area (TPSA) is 17.2 Å². The number of fused-ring (bicyclic) bond motifs is 3. The minimum absolute atomic E-state index is 0.891. The molecular weight excluding hydrogens is 270 g/mol. The molecular formula is C20H14NO+. The summed E-state index contributed by atoms with van der Waals surface area (Å²) in [5, 5.41) is 0. The summed E-state index contributed by atoms with van der Waals surface area (Å²) in [6.45, 7) is 2.17. The summed E-state index contributed by atoms with van der Waals surface area (Å²) >= 11 is 0. The van der Waals surface area contributed by atoms with Crippen LogP contribution in [0.3, 0.4) is 0 Å². The van der Waals surface area contributed by atoms with E-state index in [-0.39, 0.29) is 0 Å². The van der Waals surface area contributed by atoms with Gasteiger partial charge in [0, 0.05) is 11.6 Å². The second-order valence-electron chi connectivity index (χ2n) is 5.73. The molecule has 0 aliphatic carbocycles. The summed E-state index contributed by atoms with van der Waals surface area (Å²) < 4.78 is 8.41. The third-order valence-electron chi connectivity index (χ3n) is 4.42. The van der Waals surface area contributed by atoms with Crippen LogP contribution in [0.2, 0.25) is 0 Å². The van der Waals surface area contributed by atoms with Crippen molar-refractivity contribution in [3.8, 4) is 33.8 Å². The summed E-state index contributed by atoms with van der Waals surface area (Å²) in [5.74, 6) is 0.942. The van der Waals surface area contributed by atoms with Gasteiger partial charge in [-0.05, 0) is 24.6 Å². The molecule has 3 heterocycles. The van der Waals surface area contributed by atoms with Crippen molar-refractivity contribution in [1.82, 2.24) is 0 Å². The van der Waals surface area contributed by atoms with E-state index in [9.17, 15) is 0 Å². The monoisotopic (exact) mass is 284 g/mol. The molecule has 0 saturated carbocycles. The van der Waals surface area contributed by atoms with E-state index in [0.717, 1.165) is 22.7 Å². The maximum atomic E-state index is 6.18. The molecule has 0 radical (unpaired) electrons. The van der Waals surface area contributed by atoms with Gasteiger partial charge < -0.3 is 4.42 Å². The van der Waals surface area contributed by atoms with Gasteiger partial charge in [-0.25, -0.2) is 0 Å². The maximum absolute atomic E-state index is 6.18. The van der Waals surface area contributed by atoms with E-state index in [1.54, 1.807) is 0 Å². The van der Waals surface area contributed by atoms with Crippen molar-refractivity contribution < 1.29 is 8.82 Å². The van der Waals surface area contributed by atoms with Gasteiger partial charge in [-0.15, -0.1) is 4.40 Å². The molecule has 0 spiro atoms. The predicted octanol–water partition coefficient (Wildman–Crippen LogP) is 4.64. The Balaban J connectivity index is 1.97. The minimum atomic E-state index is 0.891. The lowest BCUT2D eigenvalue weighted by Crippen LogP contribution is -2.20. The maximum Gasteiger partial charge on any atom is 0.380 e. The summed E-state index contributed by atoms with van der Waals surface area (Å²) in [6, 6.07) is 23.1. The highest BCUT2D eigenvalue weighted by Gasteiger charge is 2.37. The lowest BCUT2D eigenvalue weighted by molar-refractivity contribution is -0.485. The van der Waals surface area contributed by atoms with Crippen molar-refractivity contribution in [2.75, 3.05) is 0 Å². The second-order valence-corrected chi connectivity index (χ2v) is 5.73. The first-order chi connectivity index (χ1) is 10.8. The Bertz CT molecular complexity index is 1030. The van der Waals surface area contributed by atoms with Gasteiger partial charge in [0.25, 0.3) is 5.69 Å². The molecule has 104 valence electrons. The van der Waals surface area contributed by atoms with Crippen LogP contribution in [0, 0.1) is 6.92 Å². The first-order valence-electron chi connectivity index (χ1n) is 7.48. The molecule has 2 nitrogen and oxygen atoms in total. The molecule has 2 aromatic carbocycles. The third kappa shape index (κ3) is 1.37. The number of nitrogens with zero attached hydrogens (tertiary/aromatic N) is 1. The molecule has 0 atom stereocenters. The number of aryl methyl sites for hydroxylation is 1. The Morgan fingerprint density at radius 1 is 0.818 bits per heavy atom. The fourth-order valence-corrected chi connectivity index (χ4v) is 3.48. The highest BCUT2D eigenvalue weighted by molar-refractivity contribution is 5.90. The van der Waals surface area contributed by atoms with Crippen LogP contribution in [0.15, 0.2) is 71.1 Å². The average molecular weight is 284 g/mol. The summed E-state index contributed by atoms with van der Waals surface area (Å²) in [5.41, 5.74) is 8.25. The molecule has 0 N–H and O–H groups in total. The van der Waals surface area contributed by atoms with Crippen LogP contribution >= 0.6 is 0 Å². The van der Waals surface area contributed by atoms with Crippen LogP contribution in [0.4, 0.5) is 0 Å². The molecule has 5 rings (SSSR count). The largest absolute Gasteiger partial charge is 0.397 e. The Kier molecular flexibility index (Phi) is 2.18. The fourth-order valence-electron chi connectivity index (χ4n) is 3.48. The predicted molar refractivity (Wildman–Crippen MR) is 86.5 cm³/mol. The van der Waals surface area contributed by atoms with E-state index < -0.39 is 0 Å². The Morgan fingerprint density at radius 2 is 1.64 bits per heavy atom. The quantitative estimate of drug-likeness (QED) is 0.410. The Morgan fingerprint density at radius 3 is 2.50 bits per heavy atom. The Labute approximate surface area is 128 Å². The number of aromatic nitrogens is 1. The first-order valence-corrected chi connectivity index (χ1v) is 7.48. The van der Waals surface area contributed by atoms with E-state index >= 15 is 0 Å². The van der Waals surface area contributed by atoms with E-state index in [1.165, 1.54) is 22.4 Å². The van der Waals surface area contributed by atoms with Crippen LogP contribution in [0.25, 0.3) is 39.6 Å². The molecule has 0 bridgehead atoms. The number of hydrogen-bond acceptors (Lipinski definition) is 1. The van der Waals surface area contributed by atoms with Crippen molar-refractivity contribution in [3.63, 3.8) is 0 Å². The highest BCUT2D eigenvalue weighted by atomic mass is 16.3. The van der Waals surface area contributed by atoms with Crippen molar-refractivity contribution in [2.24, 2.45) is 0 Å². The third-order valence-corrected chi connectivity index (χ3v) is 4.42. The second kappa shape index (κ2) is 4.08. The molecule has 4 aromatic rings. The molecule has 0 amide bonds. The van der Waals surface area contributed by atoms with E-state index in [0.29, 0.717) is 0 Å². The van der Waals surface area contributed by atoms with Crippen molar-refractivity contribution in [3.05, 3.63) is 72.3 Å². The van der Waals surface area contributed by atoms with Crippen molar-refractivity contribution in [2.45, 2.75) is 6.92 Å². The zero-order valence-corrected chi connectivity index (χ0v) is 12.2. The fraction of sp³-hybridized carbons (Fsp3) is 0.0500. The zero-order chi connectivity index (χ0) is 14.7. The van der Waals surface area contributed by atoms with Gasteiger partial charge in [-0.1, -0.05) is 42.5 Å². The number of benzene rings is 2. The van der Waals surface area contributed by atoms with E-state index in [4.69, 9.17) is 4.42 Å². The molecule has 1 aliphatic rings. The highest BCUT2D eigenvalue weighted by Crippen LogP contribution is 2.43. The van der Waals surface area contributed by atoms with Crippen LogP contribution < -0.4 is 4.40 Å². The normalized spacial score (nSPS) is 11.9. The molecule has 1 aliphatic heterocycles. The van der Waals surface area contributed by atoms with Crippen LogP contribution in [-0.4, -0.2) is 0 Å². The molecule has 0 unspecified atom stereocenters. The first kappa shape index (κ1) is 11.8. The summed E-state index contributed by atoms with van der Waals surface area (Å²) in [6.07, 6.45) is 0. The summed E-state index contributed by atoms with van der Waals surface area (Å²) in [7, 11) is 0. The van der Waals surface area contributed by atoms with E-state index in [2.05, 4.69) is 53.8 Å². The number of oxazole rings is 1. The van der Waals surface area contributed by atoms with Gasteiger partial charge in [0.15, 0.2) is 0 Å². The van der Waals surface area contributed by atoms with Crippen LogP contribution in [0.1, 0.15) is 5.56 Å². The number of hydrogen-bond donors (Lipinski definition) is 0. The van der Waals surface area contributed by atoms with Crippen LogP contribution in [0.5, 0.6) is 0 Å². The average Bonchev–Trinajstić information content (AvgIpc) is 3.10. The lowest BCUT2D eigenvalue weighted by Gasteiger charge is -2.01. The smallest absolute Gasteiger partial charge is 0.380 e.